The minimum absolute atomic E-state index is 0.256. The fraction of sp³-hybridized carbons (Fsp3) is 0.250. The number of aliphatic hydroxyl groups excluding tert-OH is 1. The molecule has 0 atom stereocenters. The Morgan fingerprint density at radius 1 is 1.86 bits per heavy atom. The van der Waals surface area contributed by atoms with Gasteiger partial charge in [0.05, 0.1) is 12.6 Å². The molecule has 0 aromatic heterocycles. The number of aliphatic carboxylic acids is 1. The lowest BCUT2D eigenvalue weighted by Crippen LogP contribution is -2.18. The van der Waals surface area contributed by atoms with Gasteiger partial charge in [-0.05, 0) is 6.08 Å². The maximum atomic E-state index is 9.45. The van der Waals surface area contributed by atoms with Crippen molar-refractivity contribution in [2.75, 3.05) is 6.61 Å². The van der Waals surface area contributed by atoms with Crippen LogP contribution < -0.4 is 5.11 Å². The normalized spacial score (nSPS) is 9.86. The topological polar surface area (TPSA) is 60.4 Å². The Bertz CT molecular complexity index is 84.9. The van der Waals surface area contributed by atoms with Crippen LogP contribution in [0.15, 0.2) is 12.2 Å². The van der Waals surface area contributed by atoms with Crippen molar-refractivity contribution in [1.29, 1.82) is 0 Å². The predicted octanol–water partition coefficient (Wildman–Crippen LogP) is -1.72. The standard InChI is InChI=1S/C4H6O3/c5-3-1-2-4(6)7/h1-2,5H,3H2,(H,6,7)/p-1/b2-1+. The second-order valence-corrected chi connectivity index (χ2v) is 0.904. The first kappa shape index (κ1) is 6.17. The monoisotopic (exact) mass is 101 g/mol. The van der Waals surface area contributed by atoms with Crippen molar-refractivity contribution < 1.29 is 15.0 Å². The number of aliphatic hydroxyl groups is 1. The van der Waals surface area contributed by atoms with Gasteiger partial charge in [0.2, 0.25) is 0 Å². The van der Waals surface area contributed by atoms with Gasteiger partial charge in [-0.2, -0.15) is 0 Å². The average molecular weight is 101 g/mol. The molecule has 0 fully saturated rings. The van der Waals surface area contributed by atoms with Crippen LogP contribution >= 0.6 is 0 Å². The summed E-state index contributed by atoms with van der Waals surface area (Å²) in [5.41, 5.74) is 0. The van der Waals surface area contributed by atoms with Crippen LogP contribution in [0.25, 0.3) is 0 Å². The number of rotatable bonds is 2. The number of hydrogen-bond donors (Lipinski definition) is 1. The molecular weight excluding hydrogens is 96.0 g/mol. The van der Waals surface area contributed by atoms with Crippen LogP contribution in [0.3, 0.4) is 0 Å². The molecule has 0 unspecified atom stereocenters. The van der Waals surface area contributed by atoms with Gasteiger partial charge in [-0.25, -0.2) is 0 Å². The molecule has 0 radical (unpaired) electrons. The van der Waals surface area contributed by atoms with Gasteiger partial charge in [-0.3, -0.25) is 0 Å². The number of carbonyl (C=O) groups excluding carboxylic acids is 1. The molecule has 7 heavy (non-hydrogen) atoms. The molecule has 0 aliphatic rings. The lowest BCUT2D eigenvalue weighted by molar-refractivity contribution is -0.297. The highest BCUT2D eigenvalue weighted by molar-refractivity contribution is 5.77. The zero-order valence-corrected chi connectivity index (χ0v) is 3.63. The quantitative estimate of drug-likeness (QED) is 0.421. The first-order valence-electron chi connectivity index (χ1n) is 1.75. The molecule has 40 valence electrons. The Labute approximate surface area is 40.9 Å². The Hall–Kier alpha value is -0.830. The molecule has 0 aromatic rings. The summed E-state index contributed by atoms with van der Waals surface area (Å²) in [6.45, 7) is -0.256. The predicted molar refractivity (Wildman–Crippen MR) is 21.2 cm³/mol. The molecule has 0 aromatic carbocycles. The van der Waals surface area contributed by atoms with Crippen LogP contribution in [0.2, 0.25) is 0 Å². The molecule has 1 N–H and O–H groups in total. The summed E-state index contributed by atoms with van der Waals surface area (Å²) in [6, 6.07) is 0. The molecule has 0 spiro atoms. The van der Waals surface area contributed by atoms with Crippen LogP contribution in [-0.4, -0.2) is 17.7 Å². The third-order valence-corrected chi connectivity index (χ3v) is 0.359. The van der Waals surface area contributed by atoms with Gasteiger partial charge in [-0.1, -0.05) is 6.08 Å². The van der Waals surface area contributed by atoms with Gasteiger partial charge in [0.1, 0.15) is 0 Å². The van der Waals surface area contributed by atoms with E-state index in [0.717, 1.165) is 12.2 Å². The van der Waals surface area contributed by atoms with E-state index in [4.69, 9.17) is 5.11 Å². The van der Waals surface area contributed by atoms with Crippen LogP contribution in [0.1, 0.15) is 0 Å². The average Bonchev–Trinajstić information content (AvgIpc) is 1.61. The molecule has 0 amide bonds. The minimum atomic E-state index is -1.28. The summed E-state index contributed by atoms with van der Waals surface area (Å²) in [4.78, 5) is 9.45. The van der Waals surface area contributed by atoms with Crippen molar-refractivity contribution in [1.82, 2.24) is 0 Å². The molecule has 3 heteroatoms. The lowest BCUT2D eigenvalue weighted by atomic mass is 10.5. The van der Waals surface area contributed by atoms with Crippen molar-refractivity contribution in [3.63, 3.8) is 0 Å². The van der Waals surface area contributed by atoms with Gasteiger partial charge in [0.15, 0.2) is 0 Å². The number of hydrogen-bond acceptors (Lipinski definition) is 3. The number of carboxylic acid groups (broad SMARTS) is 1. The zero-order chi connectivity index (χ0) is 5.70. The fourth-order valence-corrected chi connectivity index (χ4v) is 0.149. The summed E-state index contributed by atoms with van der Waals surface area (Å²) in [6.07, 6.45) is 1.87. The third kappa shape index (κ3) is 5.17. The van der Waals surface area contributed by atoms with Crippen LogP contribution in [0.5, 0.6) is 0 Å². The molecule has 0 rings (SSSR count). The number of carbonyl (C=O) groups is 1. The highest BCUT2D eigenvalue weighted by Crippen LogP contribution is 1.63. The highest BCUT2D eigenvalue weighted by Gasteiger charge is 1.66. The van der Waals surface area contributed by atoms with Crippen LogP contribution in [0, 0.1) is 0 Å². The van der Waals surface area contributed by atoms with Gasteiger partial charge >= 0.3 is 0 Å². The summed E-state index contributed by atoms with van der Waals surface area (Å²) < 4.78 is 0. The lowest BCUT2D eigenvalue weighted by Gasteiger charge is -1.85. The molecule has 0 heterocycles. The molecule has 0 aliphatic carbocycles. The van der Waals surface area contributed by atoms with Gasteiger partial charge in [0.25, 0.3) is 0 Å². The summed E-state index contributed by atoms with van der Waals surface area (Å²) in [5, 5.41) is 17.4. The van der Waals surface area contributed by atoms with E-state index in [-0.39, 0.29) is 6.61 Å². The van der Waals surface area contributed by atoms with Gasteiger partial charge in [-0.15, -0.1) is 0 Å². The first-order chi connectivity index (χ1) is 3.27. The molecule has 0 saturated carbocycles. The summed E-state index contributed by atoms with van der Waals surface area (Å²) in [5.74, 6) is -1.28. The largest absolute Gasteiger partial charge is 0.545 e. The van der Waals surface area contributed by atoms with Crippen LogP contribution in [0.4, 0.5) is 0 Å². The summed E-state index contributed by atoms with van der Waals surface area (Å²) >= 11 is 0. The second kappa shape index (κ2) is 3.36. The number of carboxylic acids is 1. The maximum Gasteiger partial charge on any atom is 0.0640 e. The fourth-order valence-electron chi connectivity index (χ4n) is 0.149. The Balaban J connectivity index is 3.26. The Morgan fingerprint density at radius 2 is 2.43 bits per heavy atom. The SMILES string of the molecule is O=C([O-])/C=C/CO. The van der Waals surface area contributed by atoms with E-state index in [1.807, 2.05) is 0 Å². The van der Waals surface area contributed by atoms with Crippen molar-refractivity contribution in [2.24, 2.45) is 0 Å². The third-order valence-electron chi connectivity index (χ3n) is 0.359. The molecule has 3 nitrogen and oxygen atoms in total. The van der Waals surface area contributed by atoms with Gasteiger partial charge in [0, 0.05) is 0 Å². The van der Waals surface area contributed by atoms with E-state index in [1.165, 1.54) is 0 Å². The Kier molecular flexibility index (Phi) is 2.96. The molecular formula is C4H5O3-. The van der Waals surface area contributed by atoms with E-state index in [9.17, 15) is 9.90 Å². The zero-order valence-electron chi connectivity index (χ0n) is 3.63. The second-order valence-electron chi connectivity index (χ2n) is 0.904. The maximum absolute atomic E-state index is 9.45. The minimum Gasteiger partial charge on any atom is -0.545 e. The van der Waals surface area contributed by atoms with E-state index >= 15 is 0 Å². The van der Waals surface area contributed by atoms with Crippen molar-refractivity contribution >= 4 is 5.97 Å². The highest BCUT2D eigenvalue weighted by atomic mass is 16.4. The molecule has 0 bridgehead atoms. The molecule has 0 saturated heterocycles. The van der Waals surface area contributed by atoms with Crippen LogP contribution in [-0.2, 0) is 4.79 Å². The molecule has 0 aliphatic heterocycles. The van der Waals surface area contributed by atoms with Crippen molar-refractivity contribution in [3.05, 3.63) is 12.2 Å². The Morgan fingerprint density at radius 3 is 2.57 bits per heavy atom. The van der Waals surface area contributed by atoms with Crippen molar-refractivity contribution in [3.8, 4) is 0 Å². The van der Waals surface area contributed by atoms with E-state index in [1.54, 1.807) is 0 Å². The van der Waals surface area contributed by atoms with E-state index in [0.29, 0.717) is 0 Å². The summed E-state index contributed by atoms with van der Waals surface area (Å²) in [7, 11) is 0. The first-order valence-corrected chi connectivity index (χ1v) is 1.75. The van der Waals surface area contributed by atoms with E-state index < -0.39 is 5.97 Å². The van der Waals surface area contributed by atoms with Gasteiger partial charge < -0.3 is 15.0 Å². The van der Waals surface area contributed by atoms with Crippen molar-refractivity contribution in [2.45, 2.75) is 0 Å². The van der Waals surface area contributed by atoms with E-state index in [2.05, 4.69) is 0 Å². The smallest absolute Gasteiger partial charge is 0.0640 e.